The molecule has 0 bridgehead atoms. The van der Waals surface area contributed by atoms with Crippen LogP contribution in [0.3, 0.4) is 0 Å². The van der Waals surface area contributed by atoms with Crippen LogP contribution in [0.1, 0.15) is 44.9 Å². The van der Waals surface area contributed by atoms with E-state index in [-0.39, 0.29) is 11.8 Å². The number of nitrogens with two attached hydrogens (primary N) is 1. The molecular weight excluding hydrogens is 256 g/mol. The number of hydrogen-bond acceptors (Lipinski definition) is 4. The van der Waals surface area contributed by atoms with E-state index in [9.17, 15) is 9.59 Å². The van der Waals surface area contributed by atoms with Crippen LogP contribution in [0.4, 0.5) is 0 Å². The van der Waals surface area contributed by atoms with Crippen molar-refractivity contribution in [1.82, 2.24) is 15.2 Å². The second-order valence-corrected chi connectivity index (χ2v) is 5.78. The van der Waals surface area contributed by atoms with Crippen molar-refractivity contribution in [3.63, 3.8) is 0 Å². The van der Waals surface area contributed by atoms with Crippen LogP contribution in [0, 0.1) is 0 Å². The summed E-state index contributed by atoms with van der Waals surface area (Å²) < 4.78 is 0. The van der Waals surface area contributed by atoms with Crippen LogP contribution in [-0.4, -0.2) is 53.8 Å². The predicted octanol–water partition coefficient (Wildman–Crippen LogP) is 0.233. The first-order valence-electron chi connectivity index (χ1n) is 7.72. The van der Waals surface area contributed by atoms with E-state index >= 15 is 0 Å². The molecule has 2 amide bonds. The third-order valence-electron chi connectivity index (χ3n) is 4.46. The summed E-state index contributed by atoms with van der Waals surface area (Å²) in [6, 6.07) is 0.750. The Balaban J connectivity index is 1.65. The Bertz CT molecular complexity index is 334. The minimum absolute atomic E-state index is 0.167. The number of hydrazine groups is 1. The molecule has 2 aliphatic rings. The maximum atomic E-state index is 12.0. The Morgan fingerprint density at radius 2 is 1.70 bits per heavy atom. The number of nitrogens with zero attached hydrogens (tertiary/aromatic N) is 2. The largest absolute Gasteiger partial charge is 0.340 e. The number of nitrogens with one attached hydrogen (secondary N) is 1. The van der Waals surface area contributed by atoms with Crippen molar-refractivity contribution < 1.29 is 9.59 Å². The molecule has 6 heteroatoms. The zero-order chi connectivity index (χ0) is 14.4. The molecule has 0 unspecified atom stereocenters. The van der Waals surface area contributed by atoms with Gasteiger partial charge in [-0.15, -0.1) is 0 Å². The van der Waals surface area contributed by atoms with Gasteiger partial charge in [0.25, 0.3) is 0 Å². The second kappa shape index (κ2) is 7.59. The van der Waals surface area contributed by atoms with Crippen LogP contribution in [0.15, 0.2) is 0 Å². The molecule has 6 nitrogen and oxygen atoms in total. The second-order valence-electron chi connectivity index (χ2n) is 5.78. The van der Waals surface area contributed by atoms with Gasteiger partial charge in [0, 0.05) is 45.1 Å². The average molecular weight is 282 g/mol. The standard InChI is InChI=1S/C14H26N4O2/c15-16-13(19)6-3-7-14(20)18-10-8-17(9-11-18)12-4-1-2-5-12/h12H,1-11,15H2,(H,16,19). The highest BCUT2D eigenvalue weighted by molar-refractivity contribution is 5.78. The highest BCUT2D eigenvalue weighted by Crippen LogP contribution is 2.24. The van der Waals surface area contributed by atoms with E-state index in [1.807, 2.05) is 4.90 Å². The van der Waals surface area contributed by atoms with Gasteiger partial charge in [-0.2, -0.15) is 0 Å². The molecule has 3 N–H and O–H groups in total. The monoisotopic (exact) mass is 282 g/mol. The maximum absolute atomic E-state index is 12.0. The van der Waals surface area contributed by atoms with Gasteiger partial charge in [0.2, 0.25) is 11.8 Å². The molecule has 0 spiro atoms. The molecule has 1 aliphatic heterocycles. The first kappa shape index (κ1) is 15.3. The van der Waals surface area contributed by atoms with Gasteiger partial charge in [-0.05, 0) is 19.3 Å². The minimum atomic E-state index is -0.205. The molecule has 1 aliphatic carbocycles. The number of carbonyl (C=O) groups is 2. The van der Waals surface area contributed by atoms with E-state index in [4.69, 9.17) is 5.84 Å². The van der Waals surface area contributed by atoms with Gasteiger partial charge in [-0.25, -0.2) is 5.84 Å². The SMILES string of the molecule is NNC(=O)CCCC(=O)N1CCN(C2CCCC2)CC1. The summed E-state index contributed by atoms with van der Waals surface area (Å²) in [5.41, 5.74) is 2.08. The summed E-state index contributed by atoms with van der Waals surface area (Å²) >= 11 is 0. The first-order valence-corrected chi connectivity index (χ1v) is 7.72. The molecule has 2 rings (SSSR count). The molecule has 1 saturated heterocycles. The molecule has 0 aromatic carbocycles. The van der Waals surface area contributed by atoms with Gasteiger partial charge in [-0.3, -0.25) is 19.9 Å². The fraction of sp³-hybridized carbons (Fsp3) is 0.857. The van der Waals surface area contributed by atoms with Gasteiger partial charge in [0.05, 0.1) is 0 Å². The topological polar surface area (TPSA) is 78.7 Å². The van der Waals surface area contributed by atoms with Crippen molar-refractivity contribution in [2.24, 2.45) is 5.84 Å². The number of hydrogen-bond donors (Lipinski definition) is 2. The molecule has 0 aromatic rings. The average Bonchev–Trinajstić information content (AvgIpc) is 3.01. The van der Waals surface area contributed by atoms with Gasteiger partial charge in [-0.1, -0.05) is 12.8 Å². The summed E-state index contributed by atoms with van der Waals surface area (Å²) in [5, 5.41) is 0. The van der Waals surface area contributed by atoms with Crippen LogP contribution >= 0.6 is 0 Å². The van der Waals surface area contributed by atoms with Crippen LogP contribution in [0.2, 0.25) is 0 Å². The minimum Gasteiger partial charge on any atom is -0.340 e. The number of amides is 2. The summed E-state index contributed by atoms with van der Waals surface area (Å²) in [7, 11) is 0. The molecule has 2 fully saturated rings. The highest BCUT2D eigenvalue weighted by Gasteiger charge is 2.27. The Kier molecular flexibility index (Phi) is 5.79. The lowest BCUT2D eigenvalue weighted by molar-refractivity contribution is -0.133. The lowest BCUT2D eigenvalue weighted by Gasteiger charge is -2.38. The lowest BCUT2D eigenvalue weighted by Crippen LogP contribution is -2.51. The molecule has 1 heterocycles. The summed E-state index contributed by atoms with van der Waals surface area (Å²) in [4.78, 5) is 27.5. The van der Waals surface area contributed by atoms with E-state index in [1.54, 1.807) is 0 Å². The van der Waals surface area contributed by atoms with E-state index in [0.29, 0.717) is 19.3 Å². The Hall–Kier alpha value is -1.14. The van der Waals surface area contributed by atoms with E-state index < -0.39 is 0 Å². The molecular formula is C14H26N4O2. The zero-order valence-corrected chi connectivity index (χ0v) is 12.1. The fourth-order valence-electron chi connectivity index (χ4n) is 3.24. The molecule has 20 heavy (non-hydrogen) atoms. The number of rotatable bonds is 5. The first-order chi connectivity index (χ1) is 9.70. The van der Waals surface area contributed by atoms with E-state index in [0.717, 1.165) is 32.2 Å². The molecule has 0 aromatic heterocycles. The van der Waals surface area contributed by atoms with Gasteiger partial charge in [0.15, 0.2) is 0 Å². The van der Waals surface area contributed by atoms with Crippen LogP contribution in [0.25, 0.3) is 0 Å². The summed E-state index contributed by atoms with van der Waals surface area (Å²) in [5.74, 6) is 4.97. The third-order valence-corrected chi connectivity index (χ3v) is 4.46. The van der Waals surface area contributed by atoms with Gasteiger partial charge in [0.1, 0.15) is 0 Å². The molecule has 0 radical (unpaired) electrons. The number of piperazine rings is 1. The Morgan fingerprint density at radius 1 is 1.05 bits per heavy atom. The highest BCUT2D eigenvalue weighted by atomic mass is 16.2. The van der Waals surface area contributed by atoms with Gasteiger partial charge < -0.3 is 4.90 Å². The normalized spacial score (nSPS) is 21.1. The fourth-order valence-corrected chi connectivity index (χ4v) is 3.24. The van der Waals surface area contributed by atoms with Gasteiger partial charge >= 0.3 is 0 Å². The number of carbonyl (C=O) groups excluding carboxylic acids is 2. The van der Waals surface area contributed by atoms with E-state index in [1.165, 1.54) is 25.7 Å². The van der Waals surface area contributed by atoms with Crippen molar-refractivity contribution in [3.05, 3.63) is 0 Å². The van der Waals surface area contributed by atoms with Crippen LogP contribution in [-0.2, 0) is 9.59 Å². The Labute approximate surface area is 120 Å². The Morgan fingerprint density at radius 3 is 2.30 bits per heavy atom. The zero-order valence-electron chi connectivity index (χ0n) is 12.1. The molecule has 1 saturated carbocycles. The summed E-state index contributed by atoms with van der Waals surface area (Å²) in [6.07, 6.45) is 6.69. The molecule has 0 atom stereocenters. The summed E-state index contributed by atoms with van der Waals surface area (Å²) in [6.45, 7) is 3.66. The quantitative estimate of drug-likeness (QED) is 0.430. The predicted molar refractivity (Wildman–Crippen MR) is 76.6 cm³/mol. The van der Waals surface area contributed by atoms with Crippen molar-refractivity contribution >= 4 is 11.8 Å². The van der Waals surface area contributed by atoms with Crippen molar-refractivity contribution in [3.8, 4) is 0 Å². The van der Waals surface area contributed by atoms with Crippen molar-refractivity contribution in [2.75, 3.05) is 26.2 Å². The van der Waals surface area contributed by atoms with Crippen LogP contribution < -0.4 is 11.3 Å². The third kappa shape index (κ3) is 4.18. The smallest absolute Gasteiger partial charge is 0.233 e. The van der Waals surface area contributed by atoms with Crippen molar-refractivity contribution in [2.45, 2.75) is 51.0 Å². The lowest BCUT2D eigenvalue weighted by atomic mass is 10.1. The van der Waals surface area contributed by atoms with Crippen molar-refractivity contribution in [1.29, 1.82) is 0 Å². The van der Waals surface area contributed by atoms with E-state index in [2.05, 4.69) is 10.3 Å². The van der Waals surface area contributed by atoms with Crippen LogP contribution in [0.5, 0.6) is 0 Å². The molecule has 114 valence electrons. The maximum Gasteiger partial charge on any atom is 0.233 e.